The second-order valence-corrected chi connectivity index (χ2v) is 9.67. The topological polar surface area (TPSA) is 12.5 Å². The predicted octanol–water partition coefficient (Wildman–Crippen LogP) is 6.87. The van der Waals surface area contributed by atoms with Gasteiger partial charge in [0.05, 0.1) is 11.7 Å². The zero-order chi connectivity index (χ0) is 22.8. The van der Waals surface area contributed by atoms with Crippen molar-refractivity contribution in [1.29, 1.82) is 0 Å². The molecule has 1 aliphatic heterocycles. The first-order chi connectivity index (χ1) is 15.3. The fourth-order valence-corrected chi connectivity index (χ4v) is 5.32. The van der Waals surface area contributed by atoms with E-state index in [4.69, 9.17) is 4.74 Å². The van der Waals surface area contributed by atoms with Gasteiger partial charge in [-0.05, 0) is 81.0 Å². The Kier molecular flexibility index (Phi) is 6.85. The first-order valence-corrected chi connectivity index (χ1v) is 11.9. The normalized spacial score (nSPS) is 22.2. The van der Waals surface area contributed by atoms with Gasteiger partial charge in [0.2, 0.25) is 0 Å². The number of alkyl halides is 3. The van der Waals surface area contributed by atoms with Gasteiger partial charge in [-0.15, -0.1) is 0 Å². The number of halogens is 3. The molecule has 2 fully saturated rings. The van der Waals surface area contributed by atoms with Crippen LogP contribution in [-0.4, -0.2) is 30.6 Å². The molecule has 0 radical (unpaired) electrons. The predicted molar refractivity (Wildman–Crippen MR) is 122 cm³/mol. The van der Waals surface area contributed by atoms with Gasteiger partial charge in [0.15, 0.2) is 0 Å². The summed E-state index contributed by atoms with van der Waals surface area (Å²) in [5, 5.41) is 0. The highest BCUT2D eigenvalue weighted by Crippen LogP contribution is 2.45. The highest BCUT2D eigenvalue weighted by molar-refractivity contribution is 5.32. The summed E-state index contributed by atoms with van der Waals surface area (Å²) in [7, 11) is 0. The molecule has 2 aromatic carbocycles. The lowest BCUT2D eigenvalue weighted by molar-refractivity contribution is -0.137. The third-order valence-electron chi connectivity index (χ3n) is 7.52. The standard InChI is InChI=1S/C27H34F3NO/c1-3-21-7-9-23(10-8-21)26(15-5-16-26)19-31-17-4-6-22(18-31)20(2)32-25-13-11-24(12-14-25)27(28,29)30/h7-14,20,22H,3-6,15-19H2,1-2H3. The first kappa shape index (κ1) is 23.2. The Morgan fingerprint density at radius 1 is 1.03 bits per heavy atom. The minimum absolute atomic E-state index is 0.0317. The Balaban J connectivity index is 1.37. The number of piperidine rings is 1. The zero-order valence-corrected chi connectivity index (χ0v) is 19.1. The molecule has 2 aliphatic rings. The number of ether oxygens (including phenoxy) is 1. The molecule has 0 aromatic heterocycles. The van der Waals surface area contributed by atoms with E-state index in [-0.39, 0.29) is 11.5 Å². The van der Waals surface area contributed by atoms with E-state index >= 15 is 0 Å². The van der Waals surface area contributed by atoms with Crippen LogP contribution in [0.2, 0.25) is 0 Å². The maximum atomic E-state index is 12.8. The molecular weight excluding hydrogens is 411 g/mol. The number of rotatable bonds is 7. The average Bonchev–Trinajstić information content (AvgIpc) is 2.76. The van der Waals surface area contributed by atoms with Crippen LogP contribution in [0.15, 0.2) is 48.5 Å². The van der Waals surface area contributed by atoms with Gasteiger partial charge < -0.3 is 9.64 Å². The highest BCUT2D eigenvalue weighted by Gasteiger charge is 2.41. The van der Waals surface area contributed by atoms with Crippen LogP contribution in [0.25, 0.3) is 0 Å². The van der Waals surface area contributed by atoms with Crippen LogP contribution in [0.1, 0.15) is 62.6 Å². The van der Waals surface area contributed by atoms with Gasteiger partial charge in [-0.3, -0.25) is 0 Å². The quantitative estimate of drug-likeness (QED) is 0.461. The van der Waals surface area contributed by atoms with Crippen molar-refractivity contribution in [2.45, 2.75) is 70.1 Å². The number of nitrogens with zero attached hydrogens (tertiary/aromatic N) is 1. The van der Waals surface area contributed by atoms with Crippen molar-refractivity contribution in [2.24, 2.45) is 5.92 Å². The highest BCUT2D eigenvalue weighted by atomic mass is 19.4. The summed E-state index contributed by atoms with van der Waals surface area (Å²) in [6, 6.07) is 14.3. The van der Waals surface area contributed by atoms with Gasteiger partial charge in [-0.25, -0.2) is 0 Å². The van der Waals surface area contributed by atoms with Crippen LogP contribution in [-0.2, 0) is 18.0 Å². The van der Waals surface area contributed by atoms with Crippen LogP contribution >= 0.6 is 0 Å². The number of hydrogen-bond acceptors (Lipinski definition) is 2. The van der Waals surface area contributed by atoms with Gasteiger partial charge >= 0.3 is 6.18 Å². The van der Waals surface area contributed by atoms with E-state index in [0.717, 1.165) is 51.0 Å². The van der Waals surface area contributed by atoms with Gasteiger partial charge in [-0.1, -0.05) is 37.6 Å². The average molecular weight is 446 g/mol. The molecular formula is C27H34F3NO. The van der Waals surface area contributed by atoms with E-state index in [2.05, 4.69) is 43.0 Å². The molecule has 5 heteroatoms. The largest absolute Gasteiger partial charge is 0.490 e. The Bertz CT molecular complexity index is 871. The molecule has 4 rings (SSSR count). The van der Waals surface area contributed by atoms with Gasteiger partial charge in [0.1, 0.15) is 5.75 Å². The van der Waals surface area contributed by atoms with Crippen molar-refractivity contribution in [1.82, 2.24) is 4.90 Å². The van der Waals surface area contributed by atoms with Crippen LogP contribution in [0.3, 0.4) is 0 Å². The van der Waals surface area contributed by atoms with Crippen LogP contribution in [0.4, 0.5) is 13.2 Å². The van der Waals surface area contributed by atoms with E-state index in [1.54, 1.807) is 0 Å². The summed E-state index contributed by atoms with van der Waals surface area (Å²) in [4.78, 5) is 2.59. The van der Waals surface area contributed by atoms with Crippen LogP contribution < -0.4 is 4.74 Å². The fraction of sp³-hybridized carbons (Fsp3) is 0.556. The SMILES string of the molecule is CCc1ccc(C2(CN3CCCC(C(C)Oc4ccc(C(F)(F)F)cc4)C3)CCC2)cc1. The Hall–Kier alpha value is -2.01. The van der Waals surface area contributed by atoms with E-state index in [9.17, 15) is 13.2 Å². The number of aryl methyl sites for hydroxylation is 1. The number of likely N-dealkylation sites (tertiary alicyclic amines) is 1. The summed E-state index contributed by atoms with van der Waals surface area (Å²) in [5.41, 5.74) is 2.48. The van der Waals surface area contributed by atoms with Crippen LogP contribution in [0.5, 0.6) is 5.75 Å². The van der Waals surface area contributed by atoms with E-state index in [1.165, 1.54) is 42.5 Å². The Morgan fingerprint density at radius 3 is 2.28 bits per heavy atom. The maximum Gasteiger partial charge on any atom is 0.416 e. The first-order valence-electron chi connectivity index (χ1n) is 11.9. The Labute approximate surface area is 189 Å². The van der Waals surface area contributed by atoms with Crippen molar-refractivity contribution in [3.05, 3.63) is 65.2 Å². The number of hydrogen-bond donors (Lipinski definition) is 0. The van der Waals surface area contributed by atoms with E-state index < -0.39 is 11.7 Å². The molecule has 2 atom stereocenters. The molecule has 0 amide bonds. The molecule has 0 bridgehead atoms. The minimum atomic E-state index is -4.32. The van der Waals surface area contributed by atoms with Crippen molar-refractivity contribution < 1.29 is 17.9 Å². The van der Waals surface area contributed by atoms with Crippen molar-refractivity contribution >= 4 is 0 Å². The lowest BCUT2D eigenvalue weighted by Gasteiger charge is -2.48. The molecule has 1 heterocycles. The summed E-state index contributed by atoms with van der Waals surface area (Å²) in [6.07, 6.45) is 2.73. The summed E-state index contributed by atoms with van der Waals surface area (Å²) >= 11 is 0. The lowest BCUT2D eigenvalue weighted by atomic mass is 9.64. The van der Waals surface area contributed by atoms with E-state index in [1.807, 2.05) is 0 Å². The van der Waals surface area contributed by atoms with Crippen molar-refractivity contribution in [2.75, 3.05) is 19.6 Å². The van der Waals surface area contributed by atoms with Crippen LogP contribution in [0, 0.1) is 5.92 Å². The molecule has 32 heavy (non-hydrogen) atoms. The smallest absolute Gasteiger partial charge is 0.416 e. The van der Waals surface area contributed by atoms with Crippen molar-refractivity contribution in [3.63, 3.8) is 0 Å². The second-order valence-electron chi connectivity index (χ2n) is 9.67. The molecule has 2 unspecified atom stereocenters. The lowest BCUT2D eigenvalue weighted by Crippen LogP contribution is -2.50. The molecule has 0 N–H and O–H groups in total. The maximum absolute atomic E-state index is 12.8. The summed E-state index contributed by atoms with van der Waals surface area (Å²) in [6.45, 7) is 7.42. The molecule has 1 aliphatic carbocycles. The molecule has 2 nitrogen and oxygen atoms in total. The fourth-order valence-electron chi connectivity index (χ4n) is 5.32. The van der Waals surface area contributed by atoms with Gasteiger partial charge in [0, 0.05) is 24.4 Å². The third kappa shape index (κ3) is 5.14. The van der Waals surface area contributed by atoms with Crippen molar-refractivity contribution in [3.8, 4) is 5.75 Å². The van der Waals surface area contributed by atoms with Gasteiger partial charge in [-0.2, -0.15) is 13.2 Å². The zero-order valence-electron chi connectivity index (χ0n) is 19.1. The monoisotopic (exact) mass is 445 g/mol. The summed E-state index contributed by atoms with van der Waals surface area (Å²) < 4.78 is 44.5. The number of benzene rings is 2. The molecule has 1 saturated heterocycles. The van der Waals surface area contributed by atoms with E-state index in [0.29, 0.717) is 11.7 Å². The molecule has 174 valence electrons. The minimum Gasteiger partial charge on any atom is -0.490 e. The van der Waals surface area contributed by atoms with Gasteiger partial charge in [0.25, 0.3) is 0 Å². The molecule has 0 spiro atoms. The molecule has 2 aromatic rings. The summed E-state index contributed by atoms with van der Waals surface area (Å²) in [5.74, 6) is 0.889. The Morgan fingerprint density at radius 2 is 1.72 bits per heavy atom. The molecule has 1 saturated carbocycles. The third-order valence-corrected chi connectivity index (χ3v) is 7.52. The second kappa shape index (κ2) is 9.46.